The minimum atomic E-state index is -0.582. The topological polar surface area (TPSA) is 69.7 Å². The van der Waals surface area contributed by atoms with Crippen molar-refractivity contribution >= 4 is 46.4 Å². The molecule has 0 aliphatic carbocycles. The smallest absolute Gasteiger partial charge is 0.283 e. The Morgan fingerprint density at radius 3 is 2.15 bits per heavy atom. The lowest BCUT2D eigenvalue weighted by Gasteiger charge is -2.21. The van der Waals surface area contributed by atoms with Crippen molar-refractivity contribution in [2.24, 2.45) is 0 Å². The van der Waals surface area contributed by atoms with Crippen molar-refractivity contribution in [1.82, 2.24) is 0 Å². The van der Waals surface area contributed by atoms with Crippen molar-refractivity contribution in [3.8, 4) is 0 Å². The summed E-state index contributed by atoms with van der Waals surface area (Å²) in [6.45, 7) is 4.36. The van der Waals surface area contributed by atoms with Gasteiger partial charge in [0.05, 0.1) is 5.69 Å². The third-order valence-electron chi connectivity index (χ3n) is 5.35. The Hall–Kier alpha value is -3.90. The van der Waals surface area contributed by atoms with Gasteiger partial charge in [0.25, 0.3) is 17.7 Å². The number of anilines is 3. The number of hydrogen-bond donors (Lipinski definition) is 1. The van der Waals surface area contributed by atoms with Crippen molar-refractivity contribution in [2.75, 3.05) is 21.7 Å². The van der Waals surface area contributed by atoms with E-state index in [1.807, 2.05) is 56.3 Å². The fourth-order valence-corrected chi connectivity index (χ4v) is 3.80. The van der Waals surface area contributed by atoms with Gasteiger partial charge < -0.3 is 10.2 Å². The monoisotopic (exact) mass is 459 g/mol. The van der Waals surface area contributed by atoms with Gasteiger partial charge in [0, 0.05) is 23.5 Å². The number of imide groups is 1. The predicted octanol–water partition coefficient (Wildman–Crippen LogP) is 5.10. The standard InChI is InChI=1S/C26H22ClN3O3/c1-3-29(20-7-5-4-6-8-20)24(31)18-11-13-19(14-12-18)28-23-22(27)25(32)30(26(23)33)21-15-9-17(2)10-16-21/h4-16,28H,3H2,1-2H3. The SMILES string of the molecule is CCN(C(=O)c1ccc(NC2=C(Cl)C(=O)N(c3ccc(C)cc3)C2=O)cc1)c1ccccc1. The lowest BCUT2D eigenvalue weighted by molar-refractivity contribution is -0.120. The highest BCUT2D eigenvalue weighted by Crippen LogP contribution is 2.30. The molecule has 0 atom stereocenters. The van der Waals surface area contributed by atoms with Crippen LogP contribution in [0, 0.1) is 6.92 Å². The molecular formula is C26H22ClN3O3. The number of aryl methyl sites for hydroxylation is 1. The highest BCUT2D eigenvalue weighted by atomic mass is 35.5. The largest absolute Gasteiger partial charge is 0.350 e. The van der Waals surface area contributed by atoms with Gasteiger partial charge in [0.1, 0.15) is 10.7 Å². The van der Waals surface area contributed by atoms with Gasteiger partial charge in [-0.3, -0.25) is 14.4 Å². The number of amides is 3. The molecule has 0 aromatic heterocycles. The van der Waals surface area contributed by atoms with Crippen LogP contribution in [-0.4, -0.2) is 24.3 Å². The zero-order valence-corrected chi connectivity index (χ0v) is 19.0. The quantitative estimate of drug-likeness (QED) is 0.521. The summed E-state index contributed by atoms with van der Waals surface area (Å²) in [5.74, 6) is -1.25. The molecule has 7 heteroatoms. The van der Waals surface area contributed by atoms with E-state index >= 15 is 0 Å². The van der Waals surface area contributed by atoms with Crippen LogP contribution in [0.5, 0.6) is 0 Å². The van der Waals surface area contributed by atoms with Gasteiger partial charge in [0.15, 0.2) is 0 Å². The van der Waals surface area contributed by atoms with Crippen LogP contribution >= 0.6 is 11.6 Å². The maximum atomic E-state index is 13.0. The summed E-state index contributed by atoms with van der Waals surface area (Å²) in [6.07, 6.45) is 0. The average Bonchev–Trinajstić information content (AvgIpc) is 3.04. The van der Waals surface area contributed by atoms with Gasteiger partial charge in [-0.2, -0.15) is 0 Å². The number of nitrogens with one attached hydrogen (secondary N) is 1. The second-order valence-electron chi connectivity index (χ2n) is 7.56. The number of benzene rings is 3. The van der Waals surface area contributed by atoms with E-state index < -0.39 is 11.8 Å². The second-order valence-corrected chi connectivity index (χ2v) is 7.94. The van der Waals surface area contributed by atoms with Crippen LogP contribution in [0.3, 0.4) is 0 Å². The summed E-state index contributed by atoms with van der Waals surface area (Å²) in [4.78, 5) is 41.2. The normalized spacial score (nSPS) is 13.5. The van der Waals surface area contributed by atoms with Crippen molar-refractivity contribution in [1.29, 1.82) is 0 Å². The highest BCUT2D eigenvalue weighted by molar-refractivity contribution is 6.53. The van der Waals surface area contributed by atoms with Crippen LogP contribution in [0.1, 0.15) is 22.8 Å². The molecule has 166 valence electrons. The van der Waals surface area contributed by atoms with E-state index in [0.29, 0.717) is 23.5 Å². The molecule has 3 aromatic rings. The van der Waals surface area contributed by atoms with E-state index in [1.165, 1.54) is 0 Å². The van der Waals surface area contributed by atoms with Gasteiger partial charge >= 0.3 is 0 Å². The number of carbonyl (C=O) groups excluding carboxylic acids is 3. The van der Waals surface area contributed by atoms with Gasteiger partial charge in [-0.05, 0) is 62.4 Å². The maximum absolute atomic E-state index is 13.0. The lowest BCUT2D eigenvalue weighted by atomic mass is 10.1. The fraction of sp³-hybridized carbons (Fsp3) is 0.115. The molecule has 1 aliphatic heterocycles. The molecule has 4 rings (SSSR count). The van der Waals surface area contributed by atoms with Crippen LogP contribution in [-0.2, 0) is 9.59 Å². The zero-order chi connectivity index (χ0) is 23.5. The van der Waals surface area contributed by atoms with E-state index in [4.69, 9.17) is 11.6 Å². The molecule has 3 aromatic carbocycles. The van der Waals surface area contributed by atoms with Gasteiger partial charge in [-0.15, -0.1) is 0 Å². The van der Waals surface area contributed by atoms with Crippen LogP contribution in [0.15, 0.2) is 89.6 Å². The molecule has 0 spiro atoms. The molecule has 1 N–H and O–H groups in total. The summed E-state index contributed by atoms with van der Waals surface area (Å²) < 4.78 is 0. The number of halogens is 1. The first kappa shape index (κ1) is 22.3. The van der Waals surface area contributed by atoms with Gasteiger partial charge in [0.2, 0.25) is 0 Å². The third kappa shape index (κ3) is 4.38. The van der Waals surface area contributed by atoms with Crippen LogP contribution < -0.4 is 15.1 Å². The highest BCUT2D eigenvalue weighted by Gasteiger charge is 2.38. The first-order valence-corrected chi connectivity index (χ1v) is 10.9. The molecular weight excluding hydrogens is 438 g/mol. The summed E-state index contributed by atoms with van der Waals surface area (Å²) >= 11 is 6.20. The average molecular weight is 460 g/mol. The van der Waals surface area contributed by atoms with E-state index in [-0.39, 0.29) is 16.6 Å². The lowest BCUT2D eigenvalue weighted by Crippen LogP contribution is -2.32. The molecule has 0 unspecified atom stereocenters. The van der Waals surface area contributed by atoms with Gasteiger partial charge in [-0.25, -0.2) is 4.90 Å². The summed E-state index contributed by atoms with van der Waals surface area (Å²) in [6, 6.07) is 23.2. The van der Waals surface area contributed by atoms with Crippen molar-refractivity contribution in [3.63, 3.8) is 0 Å². The Morgan fingerprint density at radius 2 is 1.55 bits per heavy atom. The molecule has 0 fully saturated rings. The molecule has 0 bridgehead atoms. The Kier molecular flexibility index (Phi) is 6.29. The number of carbonyl (C=O) groups is 3. The minimum absolute atomic E-state index is 0.000730. The summed E-state index contributed by atoms with van der Waals surface area (Å²) in [5, 5.41) is 2.75. The molecule has 33 heavy (non-hydrogen) atoms. The first-order valence-electron chi connectivity index (χ1n) is 10.5. The van der Waals surface area contributed by atoms with Crippen molar-refractivity contribution < 1.29 is 14.4 Å². The summed E-state index contributed by atoms with van der Waals surface area (Å²) in [7, 11) is 0. The minimum Gasteiger partial charge on any atom is -0.350 e. The Bertz CT molecular complexity index is 1240. The number of rotatable bonds is 6. The van der Waals surface area contributed by atoms with E-state index in [0.717, 1.165) is 16.2 Å². The Labute approximate surface area is 197 Å². The Balaban J connectivity index is 1.52. The molecule has 0 radical (unpaired) electrons. The number of para-hydroxylation sites is 1. The fourth-order valence-electron chi connectivity index (χ4n) is 3.59. The number of hydrogen-bond acceptors (Lipinski definition) is 4. The second kappa shape index (κ2) is 9.30. The third-order valence-corrected chi connectivity index (χ3v) is 5.70. The molecule has 3 amide bonds. The van der Waals surface area contributed by atoms with Crippen LogP contribution in [0.25, 0.3) is 0 Å². The predicted molar refractivity (Wildman–Crippen MR) is 130 cm³/mol. The number of nitrogens with zero attached hydrogens (tertiary/aromatic N) is 2. The van der Waals surface area contributed by atoms with E-state index in [1.54, 1.807) is 41.3 Å². The molecule has 6 nitrogen and oxygen atoms in total. The zero-order valence-electron chi connectivity index (χ0n) is 18.2. The molecule has 1 aliphatic rings. The molecule has 0 saturated heterocycles. The van der Waals surface area contributed by atoms with Crippen molar-refractivity contribution in [2.45, 2.75) is 13.8 Å². The van der Waals surface area contributed by atoms with Crippen LogP contribution in [0.4, 0.5) is 17.1 Å². The van der Waals surface area contributed by atoms with E-state index in [9.17, 15) is 14.4 Å². The molecule has 1 heterocycles. The Morgan fingerprint density at radius 1 is 0.909 bits per heavy atom. The molecule has 0 saturated carbocycles. The van der Waals surface area contributed by atoms with E-state index in [2.05, 4.69) is 5.32 Å². The van der Waals surface area contributed by atoms with Crippen molar-refractivity contribution in [3.05, 3.63) is 101 Å². The first-order chi connectivity index (χ1) is 15.9. The summed E-state index contributed by atoms with van der Waals surface area (Å²) in [5.41, 5.74) is 3.32. The maximum Gasteiger partial charge on any atom is 0.283 e. The van der Waals surface area contributed by atoms with Crippen LogP contribution in [0.2, 0.25) is 0 Å². The van der Waals surface area contributed by atoms with Gasteiger partial charge in [-0.1, -0.05) is 47.5 Å².